The van der Waals surface area contributed by atoms with E-state index >= 15 is 0 Å². The van der Waals surface area contributed by atoms with Crippen molar-refractivity contribution in [3.8, 4) is 5.75 Å². The molecule has 1 aliphatic rings. The molecule has 4 rings (SSSR count). The molecule has 31 heavy (non-hydrogen) atoms. The summed E-state index contributed by atoms with van der Waals surface area (Å²) in [5, 5.41) is 9.45. The molecule has 0 fully saturated rings. The number of para-hydroxylation sites is 1. The number of carbonyl (C=O) groups excluding carboxylic acids is 1. The van der Waals surface area contributed by atoms with Crippen LogP contribution in [0.5, 0.6) is 5.75 Å². The summed E-state index contributed by atoms with van der Waals surface area (Å²) in [6.45, 7) is 9.36. The van der Waals surface area contributed by atoms with Gasteiger partial charge in [-0.1, -0.05) is 47.7 Å². The minimum atomic E-state index is 0.0985. The first-order chi connectivity index (χ1) is 14.9. The highest BCUT2D eigenvalue weighted by molar-refractivity contribution is 7.99. The van der Waals surface area contributed by atoms with Gasteiger partial charge in [-0.15, -0.1) is 10.2 Å². The van der Waals surface area contributed by atoms with E-state index in [0.29, 0.717) is 12.4 Å². The third-order valence-electron chi connectivity index (χ3n) is 5.45. The van der Waals surface area contributed by atoms with Gasteiger partial charge in [-0.3, -0.25) is 4.79 Å². The SMILES string of the molecule is Cc1ccc(OCc2nnc(SCC(=O)N3CCc4ccccc43)n2C(C)C)c(C)c1. The van der Waals surface area contributed by atoms with Crippen LogP contribution in [0.2, 0.25) is 0 Å². The first kappa shape index (κ1) is 21.4. The van der Waals surface area contributed by atoms with Gasteiger partial charge in [0.25, 0.3) is 0 Å². The fourth-order valence-electron chi connectivity index (χ4n) is 3.93. The Morgan fingerprint density at radius 2 is 1.97 bits per heavy atom. The molecule has 1 aliphatic heterocycles. The summed E-state index contributed by atoms with van der Waals surface area (Å²) in [5.41, 5.74) is 4.57. The summed E-state index contributed by atoms with van der Waals surface area (Å²) < 4.78 is 8.08. The molecular formula is C24H28N4O2S. The number of amides is 1. The second-order valence-electron chi connectivity index (χ2n) is 8.13. The number of aromatic nitrogens is 3. The zero-order chi connectivity index (χ0) is 22.0. The third-order valence-corrected chi connectivity index (χ3v) is 6.38. The standard InChI is InChI=1S/C24H28N4O2S/c1-16(2)28-22(14-30-21-10-9-17(3)13-18(21)4)25-26-24(28)31-15-23(29)27-12-11-19-7-5-6-8-20(19)27/h5-10,13,16H,11-12,14-15H2,1-4H3. The van der Waals surface area contributed by atoms with E-state index in [4.69, 9.17) is 4.74 Å². The topological polar surface area (TPSA) is 60.3 Å². The van der Waals surface area contributed by atoms with E-state index in [2.05, 4.69) is 47.7 Å². The summed E-state index contributed by atoms with van der Waals surface area (Å²) in [7, 11) is 0. The molecule has 0 saturated heterocycles. The molecule has 2 heterocycles. The number of hydrogen-bond donors (Lipinski definition) is 0. The number of fused-ring (bicyclic) bond motifs is 1. The molecule has 162 valence electrons. The highest BCUT2D eigenvalue weighted by atomic mass is 32.2. The van der Waals surface area contributed by atoms with E-state index in [-0.39, 0.29) is 11.9 Å². The van der Waals surface area contributed by atoms with Crippen molar-refractivity contribution in [2.75, 3.05) is 17.2 Å². The van der Waals surface area contributed by atoms with E-state index in [1.807, 2.05) is 42.2 Å². The Hall–Kier alpha value is -2.80. The van der Waals surface area contributed by atoms with E-state index in [0.717, 1.165) is 40.9 Å². The maximum atomic E-state index is 12.9. The molecule has 7 heteroatoms. The molecule has 0 unspecified atom stereocenters. The van der Waals surface area contributed by atoms with E-state index in [1.54, 1.807) is 0 Å². The van der Waals surface area contributed by atoms with E-state index in [1.165, 1.54) is 22.9 Å². The summed E-state index contributed by atoms with van der Waals surface area (Å²) >= 11 is 1.44. The fourth-order valence-corrected chi connectivity index (χ4v) is 4.89. The van der Waals surface area contributed by atoms with Crippen LogP contribution in [-0.2, 0) is 17.8 Å². The van der Waals surface area contributed by atoms with Crippen LogP contribution in [0.3, 0.4) is 0 Å². The zero-order valence-electron chi connectivity index (χ0n) is 18.5. The van der Waals surface area contributed by atoms with Crippen LogP contribution in [0.25, 0.3) is 0 Å². The van der Waals surface area contributed by atoms with Gasteiger partial charge in [-0.25, -0.2) is 0 Å². The Morgan fingerprint density at radius 3 is 2.74 bits per heavy atom. The molecule has 0 atom stereocenters. The van der Waals surface area contributed by atoms with Gasteiger partial charge in [-0.2, -0.15) is 0 Å². The monoisotopic (exact) mass is 436 g/mol. The number of nitrogens with zero attached hydrogens (tertiary/aromatic N) is 4. The van der Waals surface area contributed by atoms with Gasteiger partial charge in [-0.05, 0) is 57.4 Å². The molecular weight excluding hydrogens is 408 g/mol. The predicted molar refractivity (Wildman–Crippen MR) is 124 cm³/mol. The van der Waals surface area contributed by atoms with Gasteiger partial charge < -0.3 is 14.2 Å². The van der Waals surface area contributed by atoms with Crippen molar-refractivity contribution in [3.05, 3.63) is 65.0 Å². The lowest BCUT2D eigenvalue weighted by Gasteiger charge is -2.18. The van der Waals surface area contributed by atoms with Gasteiger partial charge in [0.1, 0.15) is 12.4 Å². The van der Waals surface area contributed by atoms with Gasteiger partial charge in [0.15, 0.2) is 11.0 Å². The second-order valence-corrected chi connectivity index (χ2v) is 9.08. The van der Waals surface area contributed by atoms with Crippen LogP contribution in [0.4, 0.5) is 5.69 Å². The van der Waals surface area contributed by atoms with Gasteiger partial charge in [0, 0.05) is 18.3 Å². The number of aryl methyl sites for hydroxylation is 2. The van der Waals surface area contributed by atoms with E-state index < -0.39 is 0 Å². The first-order valence-corrected chi connectivity index (χ1v) is 11.6. The Labute approximate surface area is 187 Å². The van der Waals surface area contributed by atoms with Crippen LogP contribution in [0.15, 0.2) is 47.6 Å². The fraction of sp³-hybridized carbons (Fsp3) is 0.375. The minimum absolute atomic E-state index is 0.0985. The number of anilines is 1. The Morgan fingerprint density at radius 1 is 1.16 bits per heavy atom. The van der Waals surface area contributed by atoms with Crippen molar-refractivity contribution >= 4 is 23.4 Å². The molecule has 0 saturated carbocycles. The van der Waals surface area contributed by atoms with Crippen LogP contribution in [0.1, 0.15) is 42.4 Å². The number of hydrogen-bond acceptors (Lipinski definition) is 5. The second kappa shape index (κ2) is 9.14. The number of thioether (sulfide) groups is 1. The number of carbonyl (C=O) groups is 1. The average molecular weight is 437 g/mol. The Bertz CT molecular complexity index is 1090. The Kier molecular flexibility index (Phi) is 6.32. The molecule has 3 aromatic rings. The largest absolute Gasteiger partial charge is 0.485 e. The summed E-state index contributed by atoms with van der Waals surface area (Å²) in [6, 6.07) is 14.4. The summed E-state index contributed by atoms with van der Waals surface area (Å²) in [4.78, 5) is 14.7. The maximum Gasteiger partial charge on any atom is 0.237 e. The summed E-state index contributed by atoms with van der Waals surface area (Å²) in [5.74, 6) is 2.04. The number of rotatable bonds is 7. The molecule has 0 bridgehead atoms. The molecule has 0 radical (unpaired) electrons. The first-order valence-electron chi connectivity index (χ1n) is 10.6. The van der Waals surface area contributed by atoms with Crippen molar-refractivity contribution < 1.29 is 9.53 Å². The van der Waals surface area contributed by atoms with Gasteiger partial charge in [0.05, 0.1) is 5.75 Å². The van der Waals surface area contributed by atoms with Crippen molar-refractivity contribution in [1.82, 2.24) is 14.8 Å². The maximum absolute atomic E-state index is 12.9. The quantitative estimate of drug-likeness (QED) is 0.501. The molecule has 2 aromatic carbocycles. The van der Waals surface area contributed by atoms with Crippen LogP contribution in [0, 0.1) is 13.8 Å². The Balaban J connectivity index is 1.43. The molecule has 0 spiro atoms. The normalized spacial score (nSPS) is 13.0. The van der Waals surface area contributed by atoms with Crippen molar-refractivity contribution in [2.24, 2.45) is 0 Å². The highest BCUT2D eigenvalue weighted by Crippen LogP contribution is 2.29. The average Bonchev–Trinajstić information content (AvgIpc) is 3.35. The number of ether oxygens (including phenoxy) is 1. The van der Waals surface area contributed by atoms with Crippen molar-refractivity contribution in [1.29, 1.82) is 0 Å². The molecule has 1 aromatic heterocycles. The smallest absolute Gasteiger partial charge is 0.237 e. The summed E-state index contributed by atoms with van der Waals surface area (Å²) in [6.07, 6.45) is 0.911. The lowest BCUT2D eigenvalue weighted by atomic mass is 10.1. The predicted octanol–water partition coefficient (Wildman–Crippen LogP) is 4.74. The zero-order valence-corrected chi connectivity index (χ0v) is 19.3. The van der Waals surface area contributed by atoms with Crippen LogP contribution in [-0.4, -0.2) is 33.0 Å². The van der Waals surface area contributed by atoms with Gasteiger partial charge >= 0.3 is 0 Å². The minimum Gasteiger partial charge on any atom is -0.485 e. The lowest BCUT2D eigenvalue weighted by Crippen LogP contribution is -2.30. The highest BCUT2D eigenvalue weighted by Gasteiger charge is 2.25. The lowest BCUT2D eigenvalue weighted by molar-refractivity contribution is -0.116. The van der Waals surface area contributed by atoms with Crippen molar-refractivity contribution in [3.63, 3.8) is 0 Å². The molecule has 0 aliphatic carbocycles. The molecule has 0 N–H and O–H groups in total. The van der Waals surface area contributed by atoms with Crippen LogP contribution >= 0.6 is 11.8 Å². The molecule has 6 nitrogen and oxygen atoms in total. The van der Waals surface area contributed by atoms with Crippen molar-refractivity contribution in [2.45, 2.75) is 51.9 Å². The number of benzene rings is 2. The van der Waals surface area contributed by atoms with Crippen LogP contribution < -0.4 is 9.64 Å². The molecule has 1 amide bonds. The third kappa shape index (κ3) is 4.61. The van der Waals surface area contributed by atoms with E-state index in [9.17, 15) is 4.79 Å². The van der Waals surface area contributed by atoms with Gasteiger partial charge in [0.2, 0.25) is 5.91 Å².